The summed E-state index contributed by atoms with van der Waals surface area (Å²) < 4.78 is 6.49. The first kappa shape index (κ1) is 16.3. The number of thioether (sulfide) groups is 1. The zero-order valence-corrected chi connectivity index (χ0v) is 14.9. The number of aromatic nitrogens is 2. The number of nitrogens with one attached hydrogen (secondary N) is 1. The minimum atomic E-state index is 0.299. The number of ether oxygens (including phenoxy) is 1. The van der Waals surface area contributed by atoms with Crippen LogP contribution in [0, 0.1) is 0 Å². The van der Waals surface area contributed by atoms with E-state index in [0.29, 0.717) is 16.1 Å². The van der Waals surface area contributed by atoms with Crippen LogP contribution in [0.25, 0.3) is 0 Å². The highest BCUT2D eigenvalue weighted by Crippen LogP contribution is 2.31. The van der Waals surface area contributed by atoms with Crippen molar-refractivity contribution in [3.63, 3.8) is 0 Å². The Morgan fingerprint density at radius 3 is 3.05 bits per heavy atom. The molecule has 1 aliphatic rings. The van der Waals surface area contributed by atoms with E-state index in [1.165, 1.54) is 0 Å². The van der Waals surface area contributed by atoms with Crippen LogP contribution in [0.3, 0.4) is 0 Å². The van der Waals surface area contributed by atoms with Gasteiger partial charge in [-0.1, -0.05) is 52.4 Å². The highest BCUT2D eigenvalue weighted by atomic mass is 35.5. The predicted molar refractivity (Wildman–Crippen MR) is 93.4 cm³/mol. The number of hydrogen-bond acceptors (Lipinski definition) is 6. The lowest BCUT2D eigenvalue weighted by Gasteiger charge is -2.08. The number of benzene rings is 1. The van der Waals surface area contributed by atoms with E-state index in [1.807, 2.05) is 12.1 Å². The fraction of sp³-hybridized carbons (Fsp3) is 0.429. The van der Waals surface area contributed by atoms with E-state index in [9.17, 15) is 0 Å². The first-order chi connectivity index (χ1) is 10.7. The summed E-state index contributed by atoms with van der Waals surface area (Å²) in [6.07, 6.45) is 2.56. The molecule has 0 radical (unpaired) electrons. The average Bonchev–Trinajstić information content (AvgIpc) is 3.16. The minimum absolute atomic E-state index is 0.299. The summed E-state index contributed by atoms with van der Waals surface area (Å²) in [6, 6.07) is 5.54. The molecule has 1 aliphatic heterocycles. The Kier molecular flexibility index (Phi) is 5.82. The Hall–Kier alpha value is -0.530. The minimum Gasteiger partial charge on any atom is -0.376 e. The molecule has 1 aromatic carbocycles. The van der Waals surface area contributed by atoms with E-state index >= 15 is 0 Å². The van der Waals surface area contributed by atoms with Crippen LogP contribution >= 0.6 is 46.3 Å². The van der Waals surface area contributed by atoms with Crippen LogP contribution in [0.15, 0.2) is 22.5 Å². The van der Waals surface area contributed by atoms with E-state index in [2.05, 4.69) is 15.5 Å². The lowest BCUT2D eigenvalue weighted by atomic mass is 10.2. The van der Waals surface area contributed by atoms with Crippen LogP contribution < -0.4 is 5.32 Å². The highest BCUT2D eigenvalue weighted by Gasteiger charge is 2.16. The van der Waals surface area contributed by atoms with Gasteiger partial charge >= 0.3 is 0 Å². The molecule has 0 aliphatic carbocycles. The monoisotopic (exact) mass is 375 g/mol. The molecule has 0 saturated carbocycles. The van der Waals surface area contributed by atoms with Crippen molar-refractivity contribution in [2.75, 3.05) is 18.5 Å². The Morgan fingerprint density at radius 2 is 2.27 bits per heavy atom. The third kappa shape index (κ3) is 4.49. The Labute approximate surface area is 147 Å². The van der Waals surface area contributed by atoms with E-state index in [4.69, 9.17) is 27.9 Å². The van der Waals surface area contributed by atoms with Crippen molar-refractivity contribution in [3.05, 3.63) is 33.8 Å². The van der Waals surface area contributed by atoms with Gasteiger partial charge in [0, 0.05) is 28.9 Å². The number of nitrogens with zero attached hydrogens (tertiary/aromatic N) is 2. The molecule has 4 nitrogen and oxygen atoms in total. The Morgan fingerprint density at radius 1 is 1.36 bits per heavy atom. The van der Waals surface area contributed by atoms with Gasteiger partial charge < -0.3 is 10.1 Å². The molecule has 3 rings (SSSR count). The zero-order valence-electron chi connectivity index (χ0n) is 11.7. The summed E-state index contributed by atoms with van der Waals surface area (Å²) >= 11 is 15.2. The van der Waals surface area contributed by atoms with E-state index < -0.39 is 0 Å². The summed E-state index contributed by atoms with van der Waals surface area (Å²) in [5, 5.41) is 13.8. The molecule has 0 spiro atoms. The lowest BCUT2D eigenvalue weighted by Crippen LogP contribution is -2.18. The summed E-state index contributed by atoms with van der Waals surface area (Å²) in [4.78, 5) is 0. The lowest BCUT2D eigenvalue weighted by molar-refractivity contribution is 0.120. The fourth-order valence-electron chi connectivity index (χ4n) is 2.12. The molecule has 2 aromatic rings. The van der Waals surface area contributed by atoms with Crippen molar-refractivity contribution in [1.82, 2.24) is 10.2 Å². The van der Waals surface area contributed by atoms with Gasteiger partial charge in [-0.15, -0.1) is 10.2 Å². The predicted octanol–water partition coefficient (Wildman–Crippen LogP) is 4.73. The van der Waals surface area contributed by atoms with Gasteiger partial charge in [0.1, 0.15) is 0 Å². The zero-order chi connectivity index (χ0) is 15.4. The second-order valence-electron chi connectivity index (χ2n) is 4.91. The Bertz CT molecular complexity index is 632. The molecular weight excluding hydrogens is 361 g/mol. The van der Waals surface area contributed by atoms with Crippen molar-refractivity contribution >= 4 is 51.4 Å². The van der Waals surface area contributed by atoms with Crippen LogP contribution in [-0.4, -0.2) is 29.5 Å². The van der Waals surface area contributed by atoms with Gasteiger partial charge in [0.25, 0.3) is 0 Å². The maximum absolute atomic E-state index is 6.17. The third-order valence-corrected chi connectivity index (χ3v) is 5.93. The number of hydrogen-bond donors (Lipinski definition) is 1. The molecule has 2 heterocycles. The van der Waals surface area contributed by atoms with Crippen molar-refractivity contribution in [2.24, 2.45) is 0 Å². The van der Waals surface area contributed by atoms with Crippen LogP contribution in [0.2, 0.25) is 10.0 Å². The van der Waals surface area contributed by atoms with Gasteiger partial charge in [-0.2, -0.15) is 0 Å². The molecule has 22 heavy (non-hydrogen) atoms. The second kappa shape index (κ2) is 7.84. The molecular formula is C14H15Cl2N3OS2. The summed E-state index contributed by atoms with van der Waals surface area (Å²) in [7, 11) is 0. The second-order valence-corrected chi connectivity index (χ2v) is 7.96. The number of anilines is 1. The van der Waals surface area contributed by atoms with Crippen LogP contribution in [0.5, 0.6) is 0 Å². The van der Waals surface area contributed by atoms with Gasteiger partial charge in [-0.25, -0.2) is 0 Å². The largest absolute Gasteiger partial charge is 0.376 e. The van der Waals surface area contributed by atoms with Crippen LogP contribution in [0.1, 0.15) is 18.4 Å². The molecule has 1 N–H and O–H groups in total. The van der Waals surface area contributed by atoms with E-state index in [1.54, 1.807) is 29.2 Å². The van der Waals surface area contributed by atoms with Gasteiger partial charge in [0.05, 0.1) is 6.10 Å². The van der Waals surface area contributed by atoms with Gasteiger partial charge in [-0.3, -0.25) is 0 Å². The van der Waals surface area contributed by atoms with Crippen LogP contribution in [-0.2, 0) is 10.5 Å². The van der Waals surface area contributed by atoms with Gasteiger partial charge in [-0.05, 0) is 30.5 Å². The quantitative estimate of drug-likeness (QED) is 0.739. The standard InChI is InChI=1S/C14H15Cl2N3OS2/c15-10-4-3-9(12(16)6-10)8-21-14-19-18-13(22-14)17-7-11-2-1-5-20-11/h3-4,6,11H,1-2,5,7-8H2,(H,17,18). The van der Waals surface area contributed by atoms with Crippen molar-refractivity contribution in [2.45, 2.75) is 29.0 Å². The smallest absolute Gasteiger partial charge is 0.206 e. The topological polar surface area (TPSA) is 47.0 Å². The normalized spacial score (nSPS) is 17.8. The van der Waals surface area contributed by atoms with Crippen LogP contribution in [0.4, 0.5) is 5.13 Å². The molecule has 0 amide bonds. The average molecular weight is 376 g/mol. The maximum atomic E-state index is 6.17. The molecule has 1 unspecified atom stereocenters. The molecule has 8 heteroatoms. The first-order valence-corrected chi connectivity index (χ1v) is 9.52. The van der Waals surface area contributed by atoms with E-state index in [-0.39, 0.29) is 0 Å². The summed E-state index contributed by atoms with van der Waals surface area (Å²) in [5.41, 5.74) is 1.04. The number of halogens is 2. The molecule has 1 atom stereocenters. The van der Waals surface area contributed by atoms with Crippen molar-refractivity contribution in [3.8, 4) is 0 Å². The number of rotatable bonds is 6. The first-order valence-electron chi connectivity index (χ1n) is 6.96. The molecule has 1 aromatic heterocycles. The SMILES string of the molecule is Clc1ccc(CSc2nnc(NCC3CCCO3)s2)c(Cl)c1. The Balaban J connectivity index is 1.50. The van der Waals surface area contributed by atoms with Gasteiger partial charge in [0.2, 0.25) is 5.13 Å². The van der Waals surface area contributed by atoms with Gasteiger partial charge in [0.15, 0.2) is 4.34 Å². The highest BCUT2D eigenvalue weighted by molar-refractivity contribution is 8.00. The van der Waals surface area contributed by atoms with Crippen molar-refractivity contribution < 1.29 is 4.74 Å². The summed E-state index contributed by atoms with van der Waals surface area (Å²) in [6.45, 7) is 1.66. The van der Waals surface area contributed by atoms with Crippen molar-refractivity contribution in [1.29, 1.82) is 0 Å². The van der Waals surface area contributed by atoms with E-state index in [0.717, 1.165) is 46.8 Å². The molecule has 1 saturated heterocycles. The third-order valence-electron chi connectivity index (χ3n) is 3.28. The maximum Gasteiger partial charge on any atom is 0.206 e. The fourth-order valence-corrected chi connectivity index (χ4v) is 4.44. The molecule has 1 fully saturated rings. The molecule has 118 valence electrons. The summed E-state index contributed by atoms with van der Waals surface area (Å²) in [5.74, 6) is 0.746. The molecule has 0 bridgehead atoms.